The van der Waals surface area contributed by atoms with E-state index >= 15 is 0 Å². The summed E-state index contributed by atoms with van der Waals surface area (Å²) in [6.45, 7) is 1.99. The fraction of sp³-hybridized carbons (Fsp3) is 0.120. The SMILES string of the molecule is Cc1cccc2c1NC(C=C1C=C(OS(=O)(=O)C(F)(F)F)N(c3ccccc3)c3ccccc31)S2.I. The van der Waals surface area contributed by atoms with Gasteiger partial charge in [-0.2, -0.15) is 21.6 Å². The van der Waals surface area contributed by atoms with Crippen molar-refractivity contribution in [3.05, 3.63) is 102 Å². The maximum atomic E-state index is 13.2. The molecule has 0 bridgehead atoms. The number of halogens is 4. The summed E-state index contributed by atoms with van der Waals surface area (Å²) in [5.74, 6) is -0.463. The van der Waals surface area contributed by atoms with E-state index < -0.39 is 21.5 Å². The lowest BCUT2D eigenvalue weighted by Gasteiger charge is -2.32. The summed E-state index contributed by atoms with van der Waals surface area (Å²) in [6.07, 6.45) is 3.19. The zero-order chi connectivity index (χ0) is 24.8. The molecule has 0 spiro atoms. The number of fused-ring (bicyclic) bond motifs is 2. The minimum atomic E-state index is -5.90. The predicted molar refractivity (Wildman–Crippen MR) is 147 cm³/mol. The van der Waals surface area contributed by atoms with Gasteiger partial charge in [-0.15, -0.1) is 24.0 Å². The number of hydrogen-bond acceptors (Lipinski definition) is 6. The second-order valence-corrected chi connectivity index (χ2v) is 10.6. The maximum Gasteiger partial charge on any atom is 0.534 e. The molecule has 2 aliphatic rings. The summed E-state index contributed by atoms with van der Waals surface area (Å²) >= 11 is 1.57. The third kappa shape index (κ3) is 4.96. The van der Waals surface area contributed by atoms with Crippen LogP contribution in [0.25, 0.3) is 5.57 Å². The van der Waals surface area contributed by atoms with Gasteiger partial charge in [-0.05, 0) is 48.4 Å². The molecule has 1 unspecified atom stereocenters. The molecule has 0 aromatic heterocycles. The lowest BCUT2D eigenvalue weighted by Crippen LogP contribution is -2.31. The summed E-state index contributed by atoms with van der Waals surface area (Å²) in [6, 6.07) is 21.5. The summed E-state index contributed by atoms with van der Waals surface area (Å²) in [5.41, 5.74) is -1.28. The van der Waals surface area contributed by atoms with E-state index in [2.05, 4.69) is 5.32 Å². The molecular weight excluding hydrogens is 624 g/mol. The Morgan fingerprint density at radius 1 is 1.00 bits per heavy atom. The van der Waals surface area contributed by atoms with Crippen molar-refractivity contribution in [3.63, 3.8) is 0 Å². The van der Waals surface area contributed by atoms with Gasteiger partial charge in [-0.3, -0.25) is 4.90 Å². The van der Waals surface area contributed by atoms with Crippen molar-refractivity contribution in [2.24, 2.45) is 0 Å². The minimum absolute atomic E-state index is 0. The number of nitrogens with one attached hydrogen (secondary N) is 1. The number of rotatable bonds is 4. The van der Waals surface area contributed by atoms with Crippen LogP contribution in [0.1, 0.15) is 11.1 Å². The normalized spacial score (nSPS) is 18.0. The minimum Gasteiger partial charge on any atom is -0.369 e. The Balaban J connectivity index is 0.00000304. The molecule has 3 aromatic rings. The van der Waals surface area contributed by atoms with Gasteiger partial charge in [0.15, 0.2) is 0 Å². The van der Waals surface area contributed by atoms with Crippen LogP contribution in [0.15, 0.2) is 95.7 Å². The Bertz CT molecular complexity index is 1460. The molecule has 0 fully saturated rings. The van der Waals surface area contributed by atoms with E-state index in [9.17, 15) is 21.6 Å². The average molecular weight is 644 g/mol. The molecule has 1 N–H and O–H groups in total. The smallest absolute Gasteiger partial charge is 0.369 e. The summed E-state index contributed by atoms with van der Waals surface area (Å²) in [5, 5.41) is 3.20. The highest BCUT2D eigenvalue weighted by molar-refractivity contribution is 14.0. The number of nitrogens with zero attached hydrogens (tertiary/aromatic N) is 1. The number of allylic oxidation sites excluding steroid dienone is 2. The van der Waals surface area contributed by atoms with Crippen molar-refractivity contribution < 1.29 is 25.8 Å². The molecule has 1 atom stereocenters. The Morgan fingerprint density at radius 2 is 1.69 bits per heavy atom. The van der Waals surface area contributed by atoms with Crippen LogP contribution < -0.4 is 10.2 Å². The Morgan fingerprint density at radius 3 is 2.39 bits per heavy atom. The number of alkyl halides is 3. The summed E-state index contributed by atoms with van der Waals surface area (Å²) < 4.78 is 68.4. The van der Waals surface area contributed by atoms with E-state index in [1.165, 1.54) is 11.0 Å². The highest BCUT2D eigenvalue weighted by Crippen LogP contribution is 2.45. The van der Waals surface area contributed by atoms with Crippen LogP contribution in [0.4, 0.5) is 30.2 Å². The van der Waals surface area contributed by atoms with Crippen molar-refractivity contribution >= 4 is 68.5 Å². The van der Waals surface area contributed by atoms with Crippen LogP contribution in [-0.4, -0.2) is 19.3 Å². The van der Waals surface area contributed by atoms with Gasteiger partial charge < -0.3 is 9.50 Å². The molecule has 0 saturated heterocycles. The molecule has 5 rings (SSSR count). The van der Waals surface area contributed by atoms with Crippen molar-refractivity contribution in [2.45, 2.75) is 22.7 Å². The van der Waals surface area contributed by atoms with Crippen molar-refractivity contribution in [3.8, 4) is 0 Å². The van der Waals surface area contributed by atoms with Crippen LogP contribution >= 0.6 is 35.7 Å². The molecule has 188 valence electrons. The first-order valence-electron chi connectivity index (χ1n) is 10.6. The van der Waals surface area contributed by atoms with E-state index in [0.717, 1.165) is 21.7 Å². The standard InChI is InChI=1S/C25H19F3N2O3S2.HI/c1-16-8-7-13-21-24(16)29-22(34-21)14-17-15-23(33-35(31,32)25(26,27)28)30(18-9-3-2-4-10-18)20-12-6-5-11-19(17)20;/h2-15,22,29H,1H3;1H. The number of hydrogen-bond donors (Lipinski definition) is 1. The van der Waals surface area contributed by atoms with E-state index in [-0.39, 0.29) is 29.4 Å². The first-order valence-corrected chi connectivity index (χ1v) is 12.8. The van der Waals surface area contributed by atoms with E-state index in [4.69, 9.17) is 4.18 Å². The predicted octanol–water partition coefficient (Wildman–Crippen LogP) is 7.40. The second kappa shape index (κ2) is 10.0. The van der Waals surface area contributed by atoms with Gasteiger partial charge in [0.05, 0.1) is 16.7 Å². The highest BCUT2D eigenvalue weighted by Gasteiger charge is 2.50. The summed E-state index contributed by atoms with van der Waals surface area (Å²) in [7, 11) is -5.90. The molecule has 2 aliphatic heterocycles. The molecule has 2 heterocycles. The van der Waals surface area contributed by atoms with Crippen LogP contribution in [0.2, 0.25) is 0 Å². The fourth-order valence-corrected chi connectivity index (χ4v) is 5.58. The topological polar surface area (TPSA) is 58.6 Å². The molecular formula is C25H20F3IN2O3S2. The van der Waals surface area contributed by atoms with Crippen molar-refractivity contribution in [2.75, 3.05) is 10.2 Å². The molecule has 5 nitrogen and oxygen atoms in total. The van der Waals surface area contributed by atoms with Crippen molar-refractivity contribution in [1.29, 1.82) is 0 Å². The largest absolute Gasteiger partial charge is 0.534 e. The molecule has 3 aromatic carbocycles. The van der Waals surface area contributed by atoms with Gasteiger partial charge in [0.2, 0.25) is 5.88 Å². The Hall–Kier alpha value is -2.64. The van der Waals surface area contributed by atoms with Gasteiger partial charge in [-0.25, -0.2) is 0 Å². The maximum absolute atomic E-state index is 13.2. The Labute approximate surface area is 228 Å². The first-order chi connectivity index (χ1) is 16.6. The molecule has 11 heteroatoms. The summed E-state index contributed by atoms with van der Waals surface area (Å²) in [4.78, 5) is 2.42. The molecule has 0 amide bonds. The molecule has 0 aliphatic carbocycles. The zero-order valence-electron chi connectivity index (χ0n) is 18.7. The van der Waals surface area contributed by atoms with E-state index in [0.29, 0.717) is 16.9 Å². The number of anilines is 3. The number of aryl methyl sites for hydroxylation is 1. The van der Waals surface area contributed by atoms with Gasteiger partial charge in [-0.1, -0.05) is 60.3 Å². The van der Waals surface area contributed by atoms with Crippen LogP contribution in [0.3, 0.4) is 0 Å². The van der Waals surface area contributed by atoms with Gasteiger partial charge in [0.25, 0.3) is 0 Å². The van der Waals surface area contributed by atoms with E-state index in [1.807, 2.05) is 43.3 Å². The third-order valence-corrected chi connectivity index (χ3v) is 7.61. The second-order valence-electron chi connectivity index (χ2n) is 7.91. The van der Waals surface area contributed by atoms with Crippen molar-refractivity contribution in [1.82, 2.24) is 0 Å². The molecule has 0 saturated carbocycles. The van der Waals surface area contributed by atoms with Gasteiger partial charge in [0, 0.05) is 22.2 Å². The first kappa shape index (κ1) is 26.4. The Kier molecular flexibility index (Phi) is 7.35. The van der Waals surface area contributed by atoms with Crippen LogP contribution in [0.5, 0.6) is 0 Å². The average Bonchev–Trinajstić information content (AvgIpc) is 3.23. The lowest BCUT2D eigenvalue weighted by atomic mass is 9.98. The molecule has 36 heavy (non-hydrogen) atoms. The molecule has 0 radical (unpaired) electrons. The third-order valence-electron chi connectivity index (χ3n) is 5.55. The monoisotopic (exact) mass is 644 g/mol. The number of para-hydroxylation sites is 3. The van der Waals surface area contributed by atoms with Crippen LogP contribution in [0, 0.1) is 6.92 Å². The highest BCUT2D eigenvalue weighted by atomic mass is 127. The number of benzene rings is 3. The van der Waals surface area contributed by atoms with Crippen LogP contribution in [-0.2, 0) is 14.3 Å². The zero-order valence-corrected chi connectivity index (χ0v) is 22.7. The van der Waals surface area contributed by atoms with E-state index in [1.54, 1.807) is 54.2 Å². The van der Waals surface area contributed by atoms with Gasteiger partial charge >= 0.3 is 15.6 Å². The number of thioether (sulfide) groups is 1. The van der Waals surface area contributed by atoms with Gasteiger partial charge in [0.1, 0.15) is 0 Å². The lowest BCUT2D eigenvalue weighted by molar-refractivity contribution is -0.0522. The quantitative estimate of drug-likeness (QED) is 0.182. The fourth-order valence-electron chi connectivity index (χ4n) is 3.98.